The molecule has 1 amide bonds. The van der Waals surface area contributed by atoms with Gasteiger partial charge in [-0.3, -0.25) is 9.59 Å². The van der Waals surface area contributed by atoms with Crippen molar-refractivity contribution in [2.45, 2.75) is 25.3 Å². The van der Waals surface area contributed by atoms with Gasteiger partial charge in [0, 0.05) is 24.0 Å². The van der Waals surface area contributed by atoms with Crippen molar-refractivity contribution in [2.75, 3.05) is 18.1 Å². The minimum atomic E-state index is -0.820. The largest absolute Gasteiger partial charge is 0.481 e. The van der Waals surface area contributed by atoms with Crippen LogP contribution in [0.5, 0.6) is 0 Å². The van der Waals surface area contributed by atoms with Crippen LogP contribution in [0.4, 0.5) is 0 Å². The number of hydrogen-bond donors (Lipinski definition) is 1. The fourth-order valence-corrected chi connectivity index (χ4v) is 3.43. The molecule has 0 radical (unpaired) electrons. The second kappa shape index (κ2) is 5.58. The molecule has 1 saturated heterocycles. The zero-order valence-electron chi connectivity index (χ0n) is 9.67. The number of hydrogen-bond acceptors (Lipinski definition) is 3. The molecule has 4 nitrogen and oxygen atoms in total. The first-order chi connectivity index (χ1) is 8.18. The average Bonchev–Trinajstić information content (AvgIpc) is 2.81. The van der Waals surface area contributed by atoms with E-state index in [0.717, 1.165) is 24.3 Å². The lowest BCUT2D eigenvalue weighted by molar-refractivity contribution is -0.141. The first kappa shape index (κ1) is 12.5. The van der Waals surface area contributed by atoms with Crippen LogP contribution in [0.25, 0.3) is 0 Å². The normalized spacial score (nSPS) is 25.2. The van der Waals surface area contributed by atoms with E-state index in [2.05, 4.69) is 0 Å². The van der Waals surface area contributed by atoms with Crippen LogP contribution < -0.4 is 0 Å². The van der Waals surface area contributed by atoms with Crippen LogP contribution in [0.3, 0.4) is 0 Å². The lowest BCUT2D eigenvalue weighted by Gasteiger charge is -2.36. The van der Waals surface area contributed by atoms with E-state index in [9.17, 15) is 9.59 Å². The molecule has 1 heterocycles. The SMILES string of the molecule is O=C(O)CC1CSCCN1C(=O)C1CC=CC1. The van der Waals surface area contributed by atoms with Crippen LogP contribution in [0.2, 0.25) is 0 Å². The van der Waals surface area contributed by atoms with Crippen LogP contribution >= 0.6 is 11.8 Å². The molecule has 5 heteroatoms. The van der Waals surface area contributed by atoms with Gasteiger partial charge in [-0.25, -0.2) is 0 Å². The number of carbonyl (C=O) groups excluding carboxylic acids is 1. The number of rotatable bonds is 3. The van der Waals surface area contributed by atoms with Crippen molar-refractivity contribution < 1.29 is 14.7 Å². The fourth-order valence-electron chi connectivity index (χ4n) is 2.37. The highest BCUT2D eigenvalue weighted by molar-refractivity contribution is 7.99. The summed E-state index contributed by atoms with van der Waals surface area (Å²) < 4.78 is 0. The molecule has 0 bridgehead atoms. The van der Waals surface area contributed by atoms with E-state index in [1.807, 2.05) is 12.2 Å². The Morgan fingerprint density at radius 3 is 2.71 bits per heavy atom. The minimum Gasteiger partial charge on any atom is -0.481 e. The molecule has 2 aliphatic rings. The first-order valence-electron chi connectivity index (χ1n) is 5.93. The molecule has 0 aromatic heterocycles. The van der Waals surface area contributed by atoms with E-state index in [0.29, 0.717) is 6.54 Å². The number of nitrogens with zero attached hydrogens (tertiary/aromatic N) is 1. The summed E-state index contributed by atoms with van der Waals surface area (Å²) in [5.74, 6) is 1.04. The van der Waals surface area contributed by atoms with Crippen LogP contribution in [-0.2, 0) is 9.59 Å². The number of amides is 1. The summed E-state index contributed by atoms with van der Waals surface area (Å²) in [6.07, 6.45) is 5.75. The Bertz CT molecular complexity index is 335. The molecule has 1 unspecified atom stereocenters. The van der Waals surface area contributed by atoms with Gasteiger partial charge in [-0.1, -0.05) is 12.2 Å². The maximum absolute atomic E-state index is 12.3. The van der Waals surface area contributed by atoms with E-state index >= 15 is 0 Å². The van der Waals surface area contributed by atoms with Crippen LogP contribution in [0, 0.1) is 5.92 Å². The predicted octanol–water partition coefficient (Wildman–Crippen LogP) is 1.37. The third-order valence-electron chi connectivity index (χ3n) is 3.28. The van der Waals surface area contributed by atoms with Crippen molar-refractivity contribution in [1.29, 1.82) is 0 Å². The third-order valence-corrected chi connectivity index (χ3v) is 4.37. The lowest BCUT2D eigenvalue weighted by Crippen LogP contribution is -2.49. The highest BCUT2D eigenvalue weighted by Gasteiger charge is 2.32. The highest BCUT2D eigenvalue weighted by Crippen LogP contribution is 2.26. The summed E-state index contributed by atoms with van der Waals surface area (Å²) in [6, 6.07) is -0.126. The number of aliphatic carboxylic acids is 1. The summed E-state index contributed by atoms with van der Waals surface area (Å²) in [6.45, 7) is 0.692. The fraction of sp³-hybridized carbons (Fsp3) is 0.667. The zero-order chi connectivity index (χ0) is 12.3. The van der Waals surface area contributed by atoms with Crippen molar-refractivity contribution in [3.63, 3.8) is 0 Å². The average molecular weight is 255 g/mol. The molecule has 1 fully saturated rings. The van der Waals surface area contributed by atoms with E-state index < -0.39 is 5.97 Å². The lowest BCUT2D eigenvalue weighted by atomic mass is 10.0. The van der Waals surface area contributed by atoms with Crippen LogP contribution in [0.1, 0.15) is 19.3 Å². The molecule has 1 aliphatic carbocycles. The molecule has 94 valence electrons. The monoisotopic (exact) mass is 255 g/mol. The molecule has 0 spiro atoms. The van der Waals surface area contributed by atoms with Gasteiger partial charge in [-0.05, 0) is 12.8 Å². The van der Waals surface area contributed by atoms with E-state index in [1.54, 1.807) is 16.7 Å². The second-order valence-electron chi connectivity index (χ2n) is 4.50. The van der Waals surface area contributed by atoms with Crippen LogP contribution in [-0.4, -0.2) is 46.0 Å². The number of carboxylic acids is 1. The van der Waals surface area contributed by atoms with E-state index in [1.165, 1.54) is 0 Å². The van der Waals surface area contributed by atoms with Gasteiger partial charge >= 0.3 is 5.97 Å². The molecule has 1 atom stereocenters. The number of thioether (sulfide) groups is 1. The Morgan fingerprint density at radius 2 is 2.06 bits per heavy atom. The topological polar surface area (TPSA) is 57.6 Å². The molecule has 0 aromatic rings. The molecule has 1 N–H and O–H groups in total. The Hall–Kier alpha value is -0.970. The maximum atomic E-state index is 12.3. The molecular formula is C12H17NO3S. The van der Waals surface area contributed by atoms with Gasteiger partial charge < -0.3 is 10.0 Å². The van der Waals surface area contributed by atoms with Crippen molar-refractivity contribution in [1.82, 2.24) is 4.90 Å². The summed E-state index contributed by atoms with van der Waals surface area (Å²) in [4.78, 5) is 24.9. The molecule has 0 aromatic carbocycles. The molecule has 2 rings (SSSR count). The summed E-state index contributed by atoms with van der Waals surface area (Å²) in [5.41, 5.74) is 0. The van der Waals surface area contributed by atoms with Crippen molar-refractivity contribution in [2.24, 2.45) is 5.92 Å². The van der Waals surface area contributed by atoms with Gasteiger partial charge in [0.2, 0.25) is 5.91 Å². The molecule has 0 saturated carbocycles. The summed E-state index contributed by atoms with van der Waals surface area (Å²) in [7, 11) is 0. The van der Waals surface area contributed by atoms with Gasteiger partial charge in [-0.15, -0.1) is 0 Å². The van der Waals surface area contributed by atoms with Crippen LogP contribution in [0.15, 0.2) is 12.2 Å². The number of carbonyl (C=O) groups is 2. The predicted molar refractivity (Wildman–Crippen MR) is 66.9 cm³/mol. The minimum absolute atomic E-state index is 0.0504. The summed E-state index contributed by atoms with van der Waals surface area (Å²) >= 11 is 1.74. The second-order valence-corrected chi connectivity index (χ2v) is 5.65. The third kappa shape index (κ3) is 3.03. The maximum Gasteiger partial charge on any atom is 0.305 e. The highest BCUT2D eigenvalue weighted by atomic mass is 32.2. The zero-order valence-corrected chi connectivity index (χ0v) is 10.5. The number of allylic oxidation sites excluding steroid dienone is 2. The van der Waals surface area contributed by atoms with E-state index in [4.69, 9.17) is 5.11 Å². The standard InChI is InChI=1S/C12H17NO3S/c14-11(15)7-10-8-17-6-5-13(10)12(16)9-3-1-2-4-9/h1-2,9-10H,3-8H2,(H,14,15). The molecule has 17 heavy (non-hydrogen) atoms. The van der Waals surface area contributed by atoms with Crippen molar-refractivity contribution in [3.05, 3.63) is 12.2 Å². The Morgan fingerprint density at radius 1 is 1.35 bits per heavy atom. The van der Waals surface area contributed by atoms with Crippen molar-refractivity contribution >= 4 is 23.6 Å². The first-order valence-corrected chi connectivity index (χ1v) is 7.09. The number of carboxylic acid groups (broad SMARTS) is 1. The Kier molecular flexibility index (Phi) is 4.10. The van der Waals surface area contributed by atoms with Gasteiger partial charge in [0.25, 0.3) is 0 Å². The van der Waals surface area contributed by atoms with Gasteiger partial charge in [0.1, 0.15) is 0 Å². The Balaban J connectivity index is 1.99. The quantitative estimate of drug-likeness (QED) is 0.774. The summed E-state index contributed by atoms with van der Waals surface area (Å²) in [5, 5.41) is 8.87. The molecule has 1 aliphatic heterocycles. The van der Waals surface area contributed by atoms with Crippen molar-refractivity contribution in [3.8, 4) is 0 Å². The van der Waals surface area contributed by atoms with Gasteiger partial charge in [-0.2, -0.15) is 11.8 Å². The van der Waals surface area contributed by atoms with E-state index in [-0.39, 0.29) is 24.3 Å². The Labute approximate surface area is 105 Å². The molecular weight excluding hydrogens is 238 g/mol. The van der Waals surface area contributed by atoms with Gasteiger partial charge in [0.05, 0.1) is 12.5 Å². The van der Waals surface area contributed by atoms with Gasteiger partial charge in [0.15, 0.2) is 0 Å². The smallest absolute Gasteiger partial charge is 0.305 e.